The lowest BCUT2D eigenvalue weighted by Gasteiger charge is -2.29. The lowest BCUT2D eigenvalue weighted by Crippen LogP contribution is -2.44. The first-order valence-electron chi connectivity index (χ1n) is 7.67. The summed E-state index contributed by atoms with van der Waals surface area (Å²) in [7, 11) is 0. The molecule has 1 aromatic rings. The van der Waals surface area contributed by atoms with Crippen LogP contribution in [0.3, 0.4) is 0 Å². The van der Waals surface area contributed by atoms with Crippen molar-refractivity contribution in [1.82, 2.24) is 4.90 Å². The van der Waals surface area contributed by atoms with Crippen molar-refractivity contribution in [3.63, 3.8) is 0 Å². The second-order valence-electron chi connectivity index (χ2n) is 5.93. The molecule has 3 nitrogen and oxygen atoms in total. The monoisotopic (exact) mass is 274 g/mol. The number of benzene rings is 1. The van der Waals surface area contributed by atoms with E-state index >= 15 is 0 Å². The van der Waals surface area contributed by atoms with Gasteiger partial charge in [0.25, 0.3) is 0 Å². The summed E-state index contributed by atoms with van der Waals surface area (Å²) in [5, 5.41) is 0. The quantitative estimate of drug-likeness (QED) is 0.921. The van der Waals surface area contributed by atoms with Gasteiger partial charge in [-0.1, -0.05) is 36.6 Å². The molecule has 1 heterocycles. The fraction of sp³-hybridized carbons (Fsp3) is 0.588. The Morgan fingerprint density at radius 2 is 2.10 bits per heavy atom. The molecule has 1 atom stereocenters. The molecule has 1 amide bonds. The lowest BCUT2D eigenvalue weighted by molar-refractivity contribution is -0.132. The first-order valence-corrected chi connectivity index (χ1v) is 7.67. The van der Waals surface area contributed by atoms with Crippen molar-refractivity contribution in [1.29, 1.82) is 0 Å². The standard InChI is InChI=1S/C17H26N2O/c1-13-7-8-14(2)15(10-13)11-17(20)19-9-5-3-4-6-16(19)12-18/h7-8,10,16H,3-6,9,11-12,18H2,1-2H3. The van der Waals surface area contributed by atoms with Gasteiger partial charge in [0.1, 0.15) is 0 Å². The van der Waals surface area contributed by atoms with E-state index in [-0.39, 0.29) is 11.9 Å². The predicted octanol–water partition coefficient (Wildman–Crippen LogP) is 2.58. The summed E-state index contributed by atoms with van der Waals surface area (Å²) < 4.78 is 0. The second-order valence-corrected chi connectivity index (χ2v) is 5.93. The van der Waals surface area contributed by atoms with Gasteiger partial charge in [-0.2, -0.15) is 0 Å². The summed E-state index contributed by atoms with van der Waals surface area (Å²) >= 11 is 0. The van der Waals surface area contributed by atoms with Crippen molar-refractivity contribution in [3.8, 4) is 0 Å². The third-order valence-electron chi connectivity index (χ3n) is 4.32. The van der Waals surface area contributed by atoms with E-state index in [0.717, 1.165) is 24.9 Å². The number of aryl methyl sites for hydroxylation is 2. The number of carbonyl (C=O) groups excluding carboxylic acids is 1. The van der Waals surface area contributed by atoms with E-state index in [9.17, 15) is 4.79 Å². The summed E-state index contributed by atoms with van der Waals surface area (Å²) in [5.41, 5.74) is 9.41. The molecular weight excluding hydrogens is 248 g/mol. The Labute approximate surface area is 122 Å². The Balaban J connectivity index is 2.11. The zero-order valence-electron chi connectivity index (χ0n) is 12.7. The highest BCUT2D eigenvalue weighted by Gasteiger charge is 2.24. The van der Waals surface area contributed by atoms with E-state index in [0.29, 0.717) is 13.0 Å². The van der Waals surface area contributed by atoms with E-state index in [1.807, 2.05) is 4.90 Å². The van der Waals surface area contributed by atoms with Crippen molar-refractivity contribution in [2.45, 2.75) is 52.0 Å². The number of hydrogen-bond donors (Lipinski definition) is 1. The van der Waals surface area contributed by atoms with Gasteiger partial charge in [-0.05, 0) is 37.8 Å². The van der Waals surface area contributed by atoms with Gasteiger partial charge in [-0.3, -0.25) is 4.79 Å². The summed E-state index contributed by atoms with van der Waals surface area (Å²) in [4.78, 5) is 14.6. The van der Waals surface area contributed by atoms with E-state index in [1.165, 1.54) is 24.0 Å². The van der Waals surface area contributed by atoms with Crippen molar-refractivity contribution < 1.29 is 4.79 Å². The molecule has 0 spiro atoms. The Morgan fingerprint density at radius 3 is 2.85 bits per heavy atom. The predicted molar refractivity (Wildman–Crippen MR) is 82.6 cm³/mol. The van der Waals surface area contributed by atoms with Crippen LogP contribution < -0.4 is 5.73 Å². The minimum Gasteiger partial charge on any atom is -0.338 e. The Hall–Kier alpha value is -1.35. The van der Waals surface area contributed by atoms with Crippen LogP contribution in [-0.4, -0.2) is 29.9 Å². The van der Waals surface area contributed by atoms with Crippen LogP contribution in [0.4, 0.5) is 0 Å². The highest BCUT2D eigenvalue weighted by molar-refractivity contribution is 5.79. The van der Waals surface area contributed by atoms with Gasteiger partial charge in [0.05, 0.1) is 6.42 Å². The van der Waals surface area contributed by atoms with E-state index in [4.69, 9.17) is 5.73 Å². The van der Waals surface area contributed by atoms with Crippen LogP contribution in [0.15, 0.2) is 18.2 Å². The second kappa shape index (κ2) is 6.89. The fourth-order valence-corrected chi connectivity index (χ4v) is 3.01. The largest absolute Gasteiger partial charge is 0.338 e. The number of amides is 1. The molecule has 2 N–H and O–H groups in total. The molecule has 20 heavy (non-hydrogen) atoms. The fourth-order valence-electron chi connectivity index (χ4n) is 3.01. The van der Waals surface area contributed by atoms with Gasteiger partial charge in [0, 0.05) is 19.1 Å². The molecule has 0 aliphatic carbocycles. The number of rotatable bonds is 3. The number of likely N-dealkylation sites (tertiary alicyclic amines) is 1. The number of nitrogens with zero attached hydrogens (tertiary/aromatic N) is 1. The molecule has 0 aromatic heterocycles. The molecule has 1 aliphatic heterocycles. The average molecular weight is 274 g/mol. The van der Waals surface area contributed by atoms with Crippen LogP contribution in [-0.2, 0) is 11.2 Å². The topological polar surface area (TPSA) is 46.3 Å². The van der Waals surface area contributed by atoms with Gasteiger partial charge in [-0.25, -0.2) is 0 Å². The van der Waals surface area contributed by atoms with Crippen LogP contribution in [0.5, 0.6) is 0 Å². The molecule has 1 unspecified atom stereocenters. The molecule has 0 saturated carbocycles. The average Bonchev–Trinajstić information content (AvgIpc) is 2.68. The van der Waals surface area contributed by atoms with Crippen LogP contribution in [0.25, 0.3) is 0 Å². The minimum atomic E-state index is 0.232. The van der Waals surface area contributed by atoms with Crippen LogP contribution in [0.2, 0.25) is 0 Å². The van der Waals surface area contributed by atoms with Crippen LogP contribution in [0.1, 0.15) is 42.4 Å². The number of nitrogens with two attached hydrogens (primary N) is 1. The Morgan fingerprint density at radius 1 is 1.30 bits per heavy atom. The maximum Gasteiger partial charge on any atom is 0.227 e. The lowest BCUT2D eigenvalue weighted by atomic mass is 10.0. The van der Waals surface area contributed by atoms with Crippen molar-refractivity contribution in [2.75, 3.05) is 13.1 Å². The molecule has 0 bridgehead atoms. The summed E-state index contributed by atoms with van der Waals surface area (Å²) in [6, 6.07) is 6.55. The molecule has 110 valence electrons. The van der Waals surface area contributed by atoms with Gasteiger partial charge < -0.3 is 10.6 Å². The van der Waals surface area contributed by atoms with Crippen molar-refractivity contribution in [3.05, 3.63) is 34.9 Å². The first-order chi connectivity index (χ1) is 9.61. The molecule has 1 aromatic carbocycles. The Kier molecular flexibility index (Phi) is 5.18. The van der Waals surface area contributed by atoms with Gasteiger partial charge >= 0.3 is 0 Å². The zero-order chi connectivity index (χ0) is 14.5. The Bertz CT molecular complexity index is 470. The van der Waals surface area contributed by atoms with Crippen LogP contribution in [0, 0.1) is 13.8 Å². The van der Waals surface area contributed by atoms with Gasteiger partial charge in [0.2, 0.25) is 5.91 Å². The maximum atomic E-state index is 12.6. The van der Waals surface area contributed by atoms with Crippen LogP contribution >= 0.6 is 0 Å². The van der Waals surface area contributed by atoms with Crippen molar-refractivity contribution in [2.24, 2.45) is 5.73 Å². The molecular formula is C17H26N2O. The third-order valence-corrected chi connectivity index (χ3v) is 4.32. The first kappa shape index (κ1) is 15.0. The third kappa shape index (κ3) is 3.60. The zero-order valence-corrected chi connectivity index (χ0v) is 12.7. The molecule has 2 rings (SSSR count). The molecule has 3 heteroatoms. The molecule has 1 aliphatic rings. The molecule has 1 saturated heterocycles. The van der Waals surface area contributed by atoms with E-state index in [2.05, 4.69) is 32.0 Å². The number of hydrogen-bond acceptors (Lipinski definition) is 2. The smallest absolute Gasteiger partial charge is 0.227 e. The molecule has 1 fully saturated rings. The normalized spacial score (nSPS) is 19.8. The van der Waals surface area contributed by atoms with E-state index in [1.54, 1.807) is 0 Å². The van der Waals surface area contributed by atoms with Crippen molar-refractivity contribution >= 4 is 5.91 Å². The highest BCUT2D eigenvalue weighted by atomic mass is 16.2. The highest BCUT2D eigenvalue weighted by Crippen LogP contribution is 2.19. The molecule has 0 radical (unpaired) electrons. The van der Waals surface area contributed by atoms with Gasteiger partial charge in [-0.15, -0.1) is 0 Å². The SMILES string of the molecule is Cc1ccc(C)c(CC(=O)N2CCCCCC2CN)c1. The van der Waals surface area contributed by atoms with E-state index < -0.39 is 0 Å². The summed E-state index contributed by atoms with van der Waals surface area (Å²) in [6.07, 6.45) is 5.06. The summed E-state index contributed by atoms with van der Waals surface area (Å²) in [6.45, 7) is 5.59. The van der Waals surface area contributed by atoms with Gasteiger partial charge in [0.15, 0.2) is 0 Å². The number of carbonyl (C=O) groups is 1. The minimum absolute atomic E-state index is 0.232. The summed E-state index contributed by atoms with van der Waals surface area (Å²) in [5.74, 6) is 0.232. The maximum absolute atomic E-state index is 12.6.